The van der Waals surface area contributed by atoms with Crippen LogP contribution in [-0.4, -0.2) is 17.6 Å². The molecule has 0 saturated heterocycles. The van der Waals surface area contributed by atoms with Gasteiger partial charge in [-0.25, -0.2) is 0 Å². The summed E-state index contributed by atoms with van der Waals surface area (Å²) in [4.78, 5) is 11.0. The Bertz CT molecular complexity index is 692. The summed E-state index contributed by atoms with van der Waals surface area (Å²) in [7, 11) is 0. The van der Waals surface area contributed by atoms with E-state index in [1.54, 1.807) is 0 Å². The Balaban J connectivity index is 3.75. The van der Waals surface area contributed by atoms with Crippen LogP contribution >= 0.6 is 0 Å². The van der Waals surface area contributed by atoms with E-state index in [-0.39, 0.29) is 6.07 Å². The first-order valence-corrected chi connectivity index (χ1v) is 7.32. The molecular weight excluding hydrogens is 397 g/mol. The van der Waals surface area contributed by atoms with Gasteiger partial charge in [0.05, 0.1) is 22.6 Å². The topological polar surface area (TPSA) is 63.3 Å². The molecule has 1 aromatic carbocycles. The Kier molecular flexibility index (Phi) is 6.46. The van der Waals surface area contributed by atoms with Crippen molar-refractivity contribution in [3.8, 4) is 0 Å². The van der Waals surface area contributed by atoms with E-state index in [0.29, 0.717) is 0 Å². The molecule has 1 aromatic rings. The van der Waals surface area contributed by atoms with E-state index in [1.807, 2.05) is 0 Å². The van der Waals surface area contributed by atoms with Crippen molar-refractivity contribution < 1.29 is 49.4 Å². The number of halogens is 9. The fourth-order valence-electron chi connectivity index (χ4n) is 2.61. The fraction of sp³-hybridized carbons (Fsp3) is 0.533. The molecule has 0 aliphatic carbocycles. The molecular formula is C15H14F9NO2. The second kappa shape index (κ2) is 7.56. The molecule has 2 unspecified atom stereocenters. The monoisotopic (exact) mass is 411 g/mol. The summed E-state index contributed by atoms with van der Waals surface area (Å²) in [6.07, 6.45) is -17.3. The van der Waals surface area contributed by atoms with Crippen LogP contribution < -0.4 is 5.73 Å². The van der Waals surface area contributed by atoms with E-state index in [1.165, 1.54) is 0 Å². The normalized spacial score (nSPS) is 15.5. The summed E-state index contributed by atoms with van der Waals surface area (Å²) in [5.41, 5.74) is -2.79. The number of alkyl halides is 9. The number of rotatable bonds is 5. The lowest BCUT2D eigenvalue weighted by Gasteiger charge is -2.25. The minimum Gasteiger partial charge on any atom is -0.481 e. The van der Waals surface area contributed by atoms with Gasteiger partial charge in [-0.1, -0.05) is 6.92 Å². The zero-order chi connectivity index (χ0) is 21.4. The minimum absolute atomic E-state index is 0.0296. The van der Waals surface area contributed by atoms with Crippen LogP contribution in [0.2, 0.25) is 0 Å². The molecule has 3 nitrogen and oxygen atoms in total. The Labute approximate surface area is 147 Å². The molecule has 12 heteroatoms. The van der Waals surface area contributed by atoms with E-state index < -0.39 is 77.6 Å². The molecule has 3 N–H and O–H groups in total. The van der Waals surface area contributed by atoms with E-state index in [0.717, 1.165) is 6.92 Å². The molecule has 2 atom stereocenters. The van der Waals surface area contributed by atoms with Gasteiger partial charge in [-0.15, -0.1) is 0 Å². The fourth-order valence-corrected chi connectivity index (χ4v) is 2.61. The maximum Gasteiger partial charge on any atom is 0.417 e. The zero-order valence-corrected chi connectivity index (χ0v) is 13.6. The largest absolute Gasteiger partial charge is 0.481 e. The predicted molar refractivity (Wildman–Crippen MR) is 74.7 cm³/mol. The third-order valence-electron chi connectivity index (χ3n) is 3.89. The average molecular weight is 411 g/mol. The van der Waals surface area contributed by atoms with Crippen LogP contribution in [0.25, 0.3) is 0 Å². The molecule has 0 radical (unpaired) electrons. The maximum atomic E-state index is 13.3. The SMILES string of the molecule is CC(CC(CN)C(=O)O)c1cc(C(F)(F)F)cc(C(F)(F)F)c1C(F)(F)F. The van der Waals surface area contributed by atoms with Crippen molar-refractivity contribution in [2.24, 2.45) is 11.7 Å². The molecule has 0 aliphatic rings. The summed E-state index contributed by atoms with van der Waals surface area (Å²) in [6, 6.07) is -0.630. The lowest BCUT2D eigenvalue weighted by atomic mass is 9.84. The van der Waals surface area contributed by atoms with Crippen LogP contribution in [0.1, 0.15) is 41.5 Å². The molecule has 0 spiro atoms. The molecule has 0 aromatic heterocycles. The number of benzene rings is 1. The summed E-state index contributed by atoms with van der Waals surface area (Å²) in [5, 5.41) is 8.90. The standard InChI is InChI=1S/C15H14F9NO2/c1-6(2-7(5-25)12(26)27)9-3-8(13(16,17)18)4-10(14(19,20)21)11(9)15(22,23)24/h3-4,6-7H,2,5,25H2,1H3,(H,26,27). The molecule has 0 bridgehead atoms. The number of hydrogen-bond acceptors (Lipinski definition) is 2. The van der Waals surface area contributed by atoms with Crippen LogP contribution in [0.15, 0.2) is 12.1 Å². The number of carboxylic acid groups (broad SMARTS) is 1. The van der Waals surface area contributed by atoms with E-state index >= 15 is 0 Å². The van der Waals surface area contributed by atoms with Crippen LogP contribution in [0.3, 0.4) is 0 Å². The molecule has 27 heavy (non-hydrogen) atoms. The van der Waals surface area contributed by atoms with Crippen molar-refractivity contribution in [2.45, 2.75) is 37.8 Å². The summed E-state index contributed by atoms with van der Waals surface area (Å²) < 4.78 is 118. The van der Waals surface area contributed by atoms with Crippen LogP contribution in [0, 0.1) is 5.92 Å². The first-order valence-electron chi connectivity index (χ1n) is 7.32. The van der Waals surface area contributed by atoms with E-state index in [2.05, 4.69) is 0 Å². The molecule has 0 heterocycles. The lowest BCUT2D eigenvalue weighted by molar-refractivity contribution is -0.164. The Morgan fingerprint density at radius 1 is 1.00 bits per heavy atom. The van der Waals surface area contributed by atoms with Gasteiger partial charge < -0.3 is 10.8 Å². The quantitative estimate of drug-likeness (QED) is 0.678. The molecule has 0 fully saturated rings. The maximum absolute atomic E-state index is 13.3. The van der Waals surface area contributed by atoms with Gasteiger partial charge >= 0.3 is 24.5 Å². The highest BCUT2D eigenvalue weighted by Crippen LogP contribution is 2.47. The highest BCUT2D eigenvalue weighted by atomic mass is 19.4. The molecule has 0 saturated carbocycles. The van der Waals surface area contributed by atoms with Crippen molar-refractivity contribution >= 4 is 5.97 Å². The number of carboxylic acids is 1. The van der Waals surface area contributed by atoms with Gasteiger partial charge in [-0.2, -0.15) is 39.5 Å². The van der Waals surface area contributed by atoms with Gasteiger partial charge in [0, 0.05) is 6.54 Å². The summed E-state index contributed by atoms with van der Waals surface area (Å²) in [6.45, 7) is 0.364. The Hall–Kier alpha value is -1.98. The lowest BCUT2D eigenvalue weighted by Crippen LogP contribution is -2.27. The van der Waals surface area contributed by atoms with Gasteiger partial charge in [0.2, 0.25) is 0 Å². The molecule has 0 aliphatic heterocycles. The van der Waals surface area contributed by atoms with Crippen molar-refractivity contribution in [1.29, 1.82) is 0 Å². The number of hydrogen-bond donors (Lipinski definition) is 2. The summed E-state index contributed by atoms with van der Waals surface area (Å²) in [5.74, 6) is -4.56. The molecule has 0 amide bonds. The second-order valence-electron chi connectivity index (χ2n) is 5.89. The highest BCUT2D eigenvalue weighted by molar-refractivity contribution is 5.70. The molecule has 1 rings (SSSR count). The Morgan fingerprint density at radius 2 is 1.52 bits per heavy atom. The predicted octanol–water partition coefficient (Wildman–Crippen LogP) is 4.90. The van der Waals surface area contributed by atoms with Crippen LogP contribution in [-0.2, 0) is 23.3 Å². The third kappa shape index (κ3) is 5.50. The van der Waals surface area contributed by atoms with Crippen molar-refractivity contribution in [3.63, 3.8) is 0 Å². The number of carbonyl (C=O) groups is 1. The summed E-state index contributed by atoms with van der Waals surface area (Å²) >= 11 is 0. The Morgan fingerprint density at radius 3 is 1.85 bits per heavy atom. The zero-order valence-electron chi connectivity index (χ0n) is 13.6. The van der Waals surface area contributed by atoms with Gasteiger partial charge in [-0.3, -0.25) is 4.79 Å². The van der Waals surface area contributed by atoms with Crippen LogP contribution in [0.5, 0.6) is 0 Å². The number of aliphatic carboxylic acids is 1. The van der Waals surface area contributed by atoms with Crippen molar-refractivity contribution in [1.82, 2.24) is 0 Å². The average Bonchev–Trinajstić information content (AvgIpc) is 2.47. The second-order valence-corrected chi connectivity index (χ2v) is 5.89. The van der Waals surface area contributed by atoms with Gasteiger partial charge in [0.1, 0.15) is 0 Å². The van der Waals surface area contributed by atoms with E-state index in [4.69, 9.17) is 10.8 Å². The number of nitrogens with two attached hydrogens (primary N) is 1. The van der Waals surface area contributed by atoms with Gasteiger partial charge in [0.25, 0.3) is 0 Å². The third-order valence-corrected chi connectivity index (χ3v) is 3.89. The smallest absolute Gasteiger partial charge is 0.417 e. The van der Waals surface area contributed by atoms with Crippen LogP contribution in [0.4, 0.5) is 39.5 Å². The van der Waals surface area contributed by atoms with Crippen molar-refractivity contribution in [3.05, 3.63) is 34.4 Å². The first kappa shape index (κ1) is 23.1. The highest BCUT2D eigenvalue weighted by Gasteiger charge is 2.47. The first-order chi connectivity index (χ1) is 12.0. The molecule has 154 valence electrons. The van der Waals surface area contributed by atoms with Gasteiger partial charge in [0.15, 0.2) is 0 Å². The van der Waals surface area contributed by atoms with Gasteiger partial charge in [-0.05, 0) is 30.0 Å². The minimum atomic E-state index is -5.71. The van der Waals surface area contributed by atoms with Crippen molar-refractivity contribution in [2.75, 3.05) is 6.54 Å². The van der Waals surface area contributed by atoms with E-state index in [9.17, 15) is 44.3 Å².